The molecule has 250 valence electrons. The molecule has 1 aromatic heterocycles. The number of aliphatic hydroxyl groups is 1. The van der Waals surface area contributed by atoms with E-state index in [9.17, 15) is 43.8 Å². The van der Waals surface area contributed by atoms with E-state index in [0.29, 0.717) is 12.0 Å². The summed E-state index contributed by atoms with van der Waals surface area (Å²) in [5.41, 5.74) is 12.0. The smallest absolute Gasteiger partial charge is 0.326 e. The van der Waals surface area contributed by atoms with Gasteiger partial charge in [-0.3, -0.25) is 33.8 Å². The Morgan fingerprint density at radius 2 is 1.46 bits per heavy atom. The molecule has 0 radical (unpaired) electrons. The molecule has 19 nitrogen and oxygen atoms in total. The number of guanidine groups is 1. The van der Waals surface area contributed by atoms with Crippen LogP contribution in [0.25, 0.3) is 10.9 Å². The van der Waals surface area contributed by atoms with Gasteiger partial charge in [-0.05, 0) is 24.5 Å². The van der Waals surface area contributed by atoms with Crippen LogP contribution in [-0.2, 0) is 40.0 Å². The first-order chi connectivity index (χ1) is 21.9. The van der Waals surface area contributed by atoms with Gasteiger partial charge in [-0.1, -0.05) is 18.2 Å². The lowest BCUT2D eigenvalue weighted by atomic mass is 10.0. The number of para-hydroxylation sites is 1. The molecule has 2 aromatic rings. The Labute approximate surface area is 262 Å². The number of nitrogens with one attached hydrogen (secondary N) is 7. The SMILES string of the molecule is NC(N)=NCCCC(NC(=O)CNC=O)C(=O)NCC(=O)NC(CO)C(=O)NCC(=O)NC(Cc1c[nH]c2ccccc12)C(=O)O. The van der Waals surface area contributed by atoms with Gasteiger partial charge < -0.3 is 58.6 Å². The lowest BCUT2D eigenvalue weighted by Gasteiger charge is -2.19. The highest BCUT2D eigenvalue weighted by atomic mass is 16.4. The first-order valence-corrected chi connectivity index (χ1v) is 14.0. The van der Waals surface area contributed by atoms with Crippen molar-refractivity contribution in [3.8, 4) is 0 Å². The molecular formula is C27H38N10O9. The Morgan fingerprint density at radius 1 is 0.870 bits per heavy atom. The largest absolute Gasteiger partial charge is 0.480 e. The van der Waals surface area contributed by atoms with Crippen LogP contribution in [0.1, 0.15) is 18.4 Å². The molecule has 19 heteroatoms. The minimum atomic E-state index is -1.51. The Morgan fingerprint density at radius 3 is 2.07 bits per heavy atom. The quantitative estimate of drug-likeness (QED) is 0.0281. The van der Waals surface area contributed by atoms with Crippen LogP contribution >= 0.6 is 0 Å². The van der Waals surface area contributed by atoms with Crippen LogP contribution in [0.3, 0.4) is 0 Å². The highest BCUT2D eigenvalue weighted by Gasteiger charge is 2.25. The fourth-order valence-electron chi connectivity index (χ4n) is 4.14. The molecular weight excluding hydrogens is 608 g/mol. The summed E-state index contributed by atoms with van der Waals surface area (Å²) in [6.07, 6.45) is 2.27. The van der Waals surface area contributed by atoms with Gasteiger partial charge in [0.2, 0.25) is 35.9 Å². The average Bonchev–Trinajstić information content (AvgIpc) is 3.43. The van der Waals surface area contributed by atoms with Crippen molar-refractivity contribution in [2.24, 2.45) is 16.5 Å². The van der Waals surface area contributed by atoms with Gasteiger partial charge in [-0.2, -0.15) is 0 Å². The van der Waals surface area contributed by atoms with E-state index in [1.807, 2.05) is 12.1 Å². The highest BCUT2D eigenvalue weighted by Crippen LogP contribution is 2.19. The number of aliphatic imine (C=N–C) groups is 1. The predicted molar refractivity (Wildman–Crippen MR) is 163 cm³/mol. The fourth-order valence-corrected chi connectivity index (χ4v) is 4.14. The van der Waals surface area contributed by atoms with E-state index in [1.165, 1.54) is 0 Å². The predicted octanol–water partition coefficient (Wildman–Crippen LogP) is -4.73. The summed E-state index contributed by atoms with van der Waals surface area (Å²) in [7, 11) is 0. The number of aliphatic carboxylic acids is 1. The average molecular weight is 647 g/mol. The lowest BCUT2D eigenvalue weighted by Crippen LogP contribution is -2.55. The summed E-state index contributed by atoms with van der Waals surface area (Å²) < 4.78 is 0. The molecule has 0 spiro atoms. The number of nitrogens with zero attached hydrogens (tertiary/aromatic N) is 1. The van der Waals surface area contributed by atoms with Crippen molar-refractivity contribution < 1.29 is 43.8 Å². The maximum Gasteiger partial charge on any atom is 0.326 e. The number of aliphatic hydroxyl groups excluding tert-OH is 1. The number of aromatic amines is 1. The Balaban J connectivity index is 1.86. The van der Waals surface area contributed by atoms with Crippen LogP contribution in [0.2, 0.25) is 0 Å². The number of benzene rings is 1. The molecule has 3 unspecified atom stereocenters. The summed E-state index contributed by atoms with van der Waals surface area (Å²) in [6, 6.07) is 3.30. The van der Waals surface area contributed by atoms with Crippen molar-refractivity contribution in [1.82, 2.24) is 36.9 Å². The van der Waals surface area contributed by atoms with E-state index in [2.05, 4.69) is 41.9 Å². The molecule has 6 amide bonds. The first kappa shape index (κ1) is 36.5. The molecule has 1 aromatic carbocycles. The zero-order valence-electron chi connectivity index (χ0n) is 24.7. The van der Waals surface area contributed by atoms with Gasteiger partial charge in [-0.25, -0.2) is 4.79 Å². The zero-order valence-corrected chi connectivity index (χ0v) is 24.7. The van der Waals surface area contributed by atoms with Gasteiger partial charge in [0.05, 0.1) is 26.2 Å². The Hall–Kier alpha value is -5.72. The van der Waals surface area contributed by atoms with E-state index in [1.54, 1.807) is 18.3 Å². The molecule has 3 atom stereocenters. The highest BCUT2D eigenvalue weighted by molar-refractivity contribution is 5.94. The van der Waals surface area contributed by atoms with Gasteiger partial charge in [0.25, 0.3) is 0 Å². The maximum absolute atomic E-state index is 12.7. The van der Waals surface area contributed by atoms with Gasteiger partial charge in [-0.15, -0.1) is 0 Å². The van der Waals surface area contributed by atoms with Crippen LogP contribution in [0, 0.1) is 0 Å². The standard InChI is InChI=1S/C27H38N10O9/c28-27(29)31-7-3-6-18(35-21(40)10-30-14-39)24(43)33-12-23(42)37-20(13-38)25(44)34-11-22(41)36-19(26(45)46)8-15-9-32-17-5-2-1-4-16(15)17/h1-2,4-5,9,14,18-20,32,38H,3,6-8,10-13H2,(H,30,39)(H,33,43)(H,34,44)(H,35,40)(H,36,41)(H,37,42)(H,45,46)(H4,28,29,31). The Kier molecular flexibility index (Phi) is 14.9. The van der Waals surface area contributed by atoms with Gasteiger partial charge in [0.1, 0.15) is 18.1 Å². The minimum Gasteiger partial charge on any atom is -0.480 e. The van der Waals surface area contributed by atoms with Crippen LogP contribution < -0.4 is 43.4 Å². The summed E-state index contributed by atoms with van der Waals surface area (Å²) in [4.78, 5) is 91.0. The number of aromatic nitrogens is 1. The number of H-pyrrole nitrogens is 1. The summed E-state index contributed by atoms with van der Waals surface area (Å²) >= 11 is 0. The van der Waals surface area contributed by atoms with E-state index in [4.69, 9.17) is 11.5 Å². The number of carbonyl (C=O) groups is 7. The molecule has 0 aliphatic heterocycles. The van der Waals surface area contributed by atoms with Crippen molar-refractivity contribution in [3.63, 3.8) is 0 Å². The lowest BCUT2D eigenvalue weighted by molar-refractivity contribution is -0.141. The molecule has 46 heavy (non-hydrogen) atoms. The molecule has 0 saturated carbocycles. The van der Waals surface area contributed by atoms with E-state index < -0.39 is 79.9 Å². The molecule has 0 saturated heterocycles. The van der Waals surface area contributed by atoms with Crippen LogP contribution in [0.5, 0.6) is 0 Å². The molecule has 1 heterocycles. The first-order valence-electron chi connectivity index (χ1n) is 14.0. The molecule has 0 aliphatic rings. The second-order valence-corrected chi connectivity index (χ2v) is 9.83. The number of nitrogens with two attached hydrogens (primary N) is 2. The van der Waals surface area contributed by atoms with Gasteiger partial charge >= 0.3 is 5.97 Å². The maximum atomic E-state index is 12.7. The second-order valence-electron chi connectivity index (χ2n) is 9.83. The number of hydrogen-bond donors (Lipinski definition) is 11. The minimum absolute atomic E-state index is 0.0312. The summed E-state index contributed by atoms with van der Waals surface area (Å²) in [6.45, 7) is -2.40. The van der Waals surface area contributed by atoms with Crippen molar-refractivity contribution in [2.45, 2.75) is 37.4 Å². The normalized spacial score (nSPS) is 12.5. The van der Waals surface area contributed by atoms with Crippen LogP contribution in [-0.4, -0.2) is 114 Å². The van der Waals surface area contributed by atoms with Gasteiger partial charge in [0.15, 0.2) is 5.96 Å². The number of fused-ring (bicyclic) bond motifs is 1. The fraction of sp³-hybridized carbons (Fsp3) is 0.407. The topological polar surface area (TPSA) is 312 Å². The number of hydrogen-bond acceptors (Lipinski definition) is 9. The Bertz CT molecular complexity index is 1420. The van der Waals surface area contributed by atoms with Crippen LogP contribution in [0.15, 0.2) is 35.5 Å². The van der Waals surface area contributed by atoms with E-state index in [-0.39, 0.29) is 31.8 Å². The number of carboxylic acids is 1. The third kappa shape index (κ3) is 12.5. The molecule has 2 rings (SSSR count). The van der Waals surface area contributed by atoms with Crippen molar-refractivity contribution in [3.05, 3.63) is 36.0 Å². The third-order valence-electron chi connectivity index (χ3n) is 6.36. The monoisotopic (exact) mass is 646 g/mol. The summed E-state index contributed by atoms with van der Waals surface area (Å²) in [5, 5.41) is 33.6. The number of carboxylic acid groups (broad SMARTS) is 1. The van der Waals surface area contributed by atoms with Crippen LogP contribution in [0.4, 0.5) is 0 Å². The third-order valence-corrected chi connectivity index (χ3v) is 6.36. The molecule has 0 fully saturated rings. The molecule has 13 N–H and O–H groups in total. The van der Waals surface area contributed by atoms with E-state index >= 15 is 0 Å². The molecule has 0 bridgehead atoms. The number of rotatable bonds is 20. The van der Waals surface area contributed by atoms with Crippen molar-refractivity contribution in [1.29, 1.82) is 0 Å². The number of amides is 6. The van der Waals surface area contributed by atoms with Crippen molar-refractivity contribution in [2.75, 3.05) is 32.8 Å². The summed E-state index contributed by atoms with van der Waals surface area (Å²) in [5.74, 6) is -5.55. The molecule has 0 aliphatic carbocycles. The van der Waals surface area contributed by atoms with E-state index in [0.717, 1.165) is 10.9 Å². The van der Waals surface area contributed by atoms with Crippen molar-refractivity contribution >= 4 is 58.8 Å². The second kappa shape index (κ2) is 18.8. The number of carbonyl (C=O) groups excluding carboxylic acids is 6. The zero-order chi connectivity index (χ0) is 34.1. The van der Waals surface area contributed by atoms with Gasteiger partial charge in [0, 0.05) is 30.1 Å².